The number of aliphatic hydroxyl groups excluding tert-OH is 1. The van der Waals surface area contributed by atoms with Crippen LogP contribution in [-0.2, 0) is 11.3 Å². The van der Waals surface area contributed by atoms with E-state index in [9.17, 15) is 5.11 Å². The zero-order valence-corrected chi connectivity index (χ0v) is 9.84. The molecule has 1 N–H and O–H groups in total. The van der Waals surface area contributed by atoms with Crippen LogP contribution in [0.1, 0.15) is 5.56 Å². The van der Waals surface area contributed by atoms with Crippen LogP contribution in [0.25, 0.3) is 0 Å². The molecule has 2 rings (SSSR count). The molecule has 2 heterocycles. The lowest BCUT2D eigenvalue weighted by Crippen LogP contribution is -2.35. The van der Waals surface area contributed by atoms with E-state index < -0.39 is 0 Å². The van der Waals surface area contributed by atoms with Gasteiger partial charge in [-0.1, -0.05) is 21.6 Å². The molecule has 1 aromatic rings. The molecule has 0 radical (unpaired) electrons. The minimum atomic E-state index is -0.335. The molecule has 1 aliphatic rings. The second-order valence-corrected chi connectivity index (χ2v) is 5.89. The Morgan fingerprint density at radius 3 is 2.80 bits per heavy atom. The first kappa shape index (κ1) is 11.3. The smallest absolute Gasteiger partial charge is 0.0945 e. The molecule has 2 unspecified atom stereocenters. The summed E-state index contributed by atoms with van der Waals surface area (Å²) in [6.07, 6.45) is 3.13. The van der Waals surface area contributed by atoms with Crippen molar-refractivity contribution < 1.29 is 9.84 Å². The highest BCUT2D eigenvalue weighted by atomic mass is 33.1. The lowest BCUT2D eigenvalue weighted by Gasteiger charge is -2.26. The lowest BCUT2D eigenvalue weighted by molar-refractivity contribution is -0.0225. The fourth-order valence-corrected chi connectivity index (χ4v) is 3.69. The first-order chi connectivity index (χ1) is 7.36. The van der Waals surface area contributed by atoms with Gasteiger partial charge in [0.1, 0.15) is 0 Å². The first-order valence-electron chi connectivity index (χ1n) is 4.79. The van der Waals surface area contributed by atoms with Crippen molar-refractivity contribution in [2.45, 2.75) is 18.8 Å². The monoisotopic (exact) mass is 243 g/mol. The van der Waals surface area contributed by atoms with Crippen LogP contribution in [0.15, 0.2) is 24.5 Å². The number of hydrogen-bond donors (Lipinski definition) is 1. The summed E-state index contributed by atoms with van der Waals surface area (Å²) in [5.74, 6) is 1.61. The average molecular weight is 243 g/mol. The minimum absolute atomic E-state index is 0.0376. The molecule has 1 fully saturated rings. The van der Waals surface area contributed by atoms with Gasteiger partial charge in [-0.15, -0.1) is 0 Å². The minimum Gasteiger partial charge on any atom is -0.389 e. The Morgan fingerprint density at radius 1 is 1.33 bits per heavy atom. The Morgan fingerprint density at radius 2 is 2.07 bits per heavy atom. The first-order valence-corrected chi connectivity index (χ1v) is 7.28. The van der Waals surface area contributed by atoms with Crippen LogP contribution < -0.4 is 0 Å². The van der Waals surface area contributed by atoms with Gasteiger partial charge in [0.05, 0.1) is 18.8 Å². The van der Waals surface area contributed by atoms with Crippen molar-refractivity contribution in [2.24, 2.45) is 0 Å². The Bertz CT molecular complexity index is 297. The number of pyridine rings is 1. The van der Waals surface area contributed by atoms with Crippen molar-refractivity contribution in [3.05, 3.63) is 30.1 Å². The maximum Gasteiger partial charge on any atom is 0.0945 e. The third-order valence-electron chi connectivity index (χ3n) is 2.20. The van der Waals surface area contributed by atoms with Gasteiger partial charge < -0.3 is 9.84 Å². The number of rotatable bonds is 3. The summed E-state index contributed by atoms with van der Waals surface area (Å²) in [7, 11) is 3.47. The summed E-state index contributed by atoms with van der Waals surface area (Å²) in [4.78, 5) is 3.94. The van der Waals surface area contributed by atoms with Gasteiger partial charge in [0, 0.05) is 23.9 Å². The van der Waals surface area contributed by atoms with Crippen molar-refractivity contribution >= 4 is 21.6 Å². The second-order valence-electron chi connectivity index (χ2n) is 3.34. The molecule has 0 aliphatic carbocycles. The standard InChI is InChI=1S/C10H13NO2S2/c12-9-6-14-15-7-10(9)13-5-8-1-3-11-4-2-8/h1-4,9-10,12H,5-7H2. The molecule has 82 valence electrons. The molecule has 1 aromatic heterocycles. The normalized spacial score (nSPS) is 26.5. The molecule has 3 nitrogen and oxygen atoms in total. The molecule has 15 heavy (non-hydrogen) atoms. The number of aliphatic hydroxyl groups is 1. The van der Waals surface area contributed by atoms with Gasteiger partial charge in [0.15, 0.2) is 0 Å². The van der Waals surface area contributed by atoms with Gasteiger partial charge in [-0.3, -0.25) is 4.98 Å². The number of ether oxygens (including phenoxy) is 1. The third kappa shape index (κ3) is 3.38. The van der Waals surface area contributed by atoms with Crippen LogP contribution in [-0.4, -0.2) is 33.8 Å². The van der Waals surface area contributed by atoms with E-state index in [1.165, 1.54) is 0 Å². The summed E-state index contributed by atoms with van der Waals surface area (Å²) in [5, 5.41) is 9.68. The third-order valence-corrected chi connectivity index (χ3v) is 4.62. The van der Waals surface area contributed by atoms with Crippen molar-refractivity contribution in [3.63, 3.8) is 0 Å². The van der Waals surface area contributed by atoms with Crippen LogP contribution >= 0.6 is 21.6 Å². The van der Waals surface area contributed by atoms with E-state index in [-0.39, 0.29) is 12.2 Å². The SMILES string of the molecule is OC1CSSCC1OCc1ccncc1. The maximum atomic E-state index is 9.68. The molecular formula is C10H13NO2S2. The number of hydrogen-bond acceptors (Lipinski definition) is 5. The highest BCUT2D eigenvalue weighted by Gasteiger charge is 2.24. The molecular weight excluding hydrogens is 230 g/mol. The fraction of sp³-hybridized carbons (Fsp3) is 0.500. The Kier molecular flexibility index (Phi) is 4.31. The molecule has 2 atom stereocenters. The van der Waals surface area contributed by atoms with Crippen LogP contribution in [0, 0.1) is 0 Å². The van der Waals surface area contributed by atoms with Crippen LogP contribution in [0.2, 0.25) is 0 Å². The molecule has 1 aliphatic heterocycles. The van der Waals surface area contributed by atoms with Gasteiger partial charge in [-0.25, -0.2) is 0 Å². The van der Waals surface area contributed by atoms with Crippen molar-refractivity contribution in [1.29, 1.82) is 0 Å². The van der Waals surface area contributed by atoms with E-state index in [2.05, 4.69) is 4.98 Å². The van der Waals surface area contributed by atoms with Crippen LogP contribution in [0.3, 0.4) is 0 Å². The van der Waals surface area contributed by atoms with E-state index in [1.807, 2.05) is 12.1 Å². The summed E-state index contributed by atoms with van der Waals surface area (Å²) < 4.78 is 5.67. The predicted molar refractivity (Wildman–Crippen MR) is 63.7 cm³/mol. The Labute approximate surface area is 97.0 Å². The van der Waals surface area contributed by atoms with Crippen LogP contribution in [0.4, 0.5) is 0 Å². The zero-order valence-electron chi connectivity index (χ0n) is 8.20. The molecule has 0 bridgehead atoms. The topological polar surface area (TPSA) is 42.4 Å². The fourth-order valence-electron chi connectivity index (χ4n) is 1.29. The second kappa shape index (κ2) is 5.75. The highest BCUT2D eigenvalue weighted by molar-refractivity contribution is 8.76. The van der Waals surface area contributed by atoms with Crippen LogP contribution in [0.5, 0.6) is 0 Å². The Hall–Kier alpha value is -0.230. The van der Waals surface area contributed by atoms with Gasteiger partial charge in [-0.2, -0.15) is 0 Å². The maximum absolute atomic E-state index is 9.68. The largest absolute Gasteiger partial charge is 0.389 e. The summed E-state index contributed by atoms with van der Waals surface area (Å²) in [6.45, 7) is 0.551. The molecule has 1 saturated heterocycles. The van der Waals surface area contributed by atoms with Gasteiger partial charge in [-0.05, 0) is 17.7 Å². The molecule has 0 aromatic carbocycles. The quantitative estimate of drug-likeness (QED) is 0.819. The lowest BCUT2D eigenvalue weighted by atomic mass is 10.2. The van der Waals surface area contributed by atoms with Gasteiger partial charge >= 0.3 is 0 Å². The highest BCUT2D eigenvalue weighted by Crippen LogP contribution is 2.31. The van der Waals surface area contributed by atoms with Crippen molar-refractivity contribution in [1.82, 2.24) is 4.98 Å². The summed E-state index contributed by atoms with van der Waals surface area (Å²) in [5.41, 5.74) is 1.10. The van der Waals surface area contributed by atoms with Gasteiger partial charge in [0.2, 0.25) is 0 Å². The van der Waals surface area contributed by atoms with Gasteiger partial charge in [0.25, 0.3) is 0 Å². The molecule has 0 spiro atoms. The number of nitrogens with zero attached hydrogens (tertiary/aromatic N) is 1. The summed E-state index contributed by atoms with van der Waals surface area (Å²) >= 11 is 0. The molecule has 5 heteroatoms. The van der Waals surface area contributed by atoms with Crippen molar-refractivity contribution in [2.75, 3.05) is 11.5 Å². The average Bonchev–Trinajstić information content (AvgIpc) is 2.29. The zero-order chi connectivity index (χ0) is 10.5. The number of aromatic nitrogens is 1. The van der Waals surface area contributed by atoms with Crippen molar-refractivity contribution in [3.8, 4) is 0 Å². The van der Waals surface area contributed by atoms with E-state index in [0.717, 1.165) is 17.1 Å². The van der Waals surface area contributed by atoms with E-state index in [0.29, 0.717) is 6.61 Å². The summed E-state index contributed by atoms with van der Waals surface area (Å²) in [6, 6.07) is 3.86. The molecule has 0 amide bonds. The predicted octanol–water partition coefficient (Wildman–Crippen LogP) is 1.72. The van der Waals surface area contributed by atoms with E-state index >= 15 is 0 Å². The Balaban J connectivity index is 1.82. The van der Waals surface area contributed by atoms with E-state index in [4.69, 9.17) is 4.74 Å². The molecule has 0 saturated carbocycles. The van der Waals surface area contributed by atoms with E-state index in [1.54, 1.807) is 34.0 Å².